The summed E-state index contributed by atoms with van der Waals surface area (Å²) in [6.07, 6.45) is 0.0660. The van der Waals surface area contributed by atoms with Gasteiger partial charge in [0.25, 0.3) is 0 Å². The van der Waals surface area contributed by atoms with Crippen molar-refractivity contribution in [1.82, 2.24) is 4.90 Å². The fourth-order valence-corrected chi connectivity index (χ4v) is 1.17. The number of β-amino-alcohol motifs (C(OH)–C–C–N with tert-alkyl or cyclic N) is 1. The maximum atomic E-state index is 9.48. The van der Waals surface area contributed by atoms with Crippen molar-refractivity contribution in [2.45, 2.75) is 25.0 Å². The third kappa shape index (κ3) is 1.48. The fourth-order valence-electron chi connectivity index (χ4n) is 1.17. The number of likely N-dealkylation sites (N-methyl/N-ethyl adjacent to an activating group) is 1. The highest BCUT2D eigenvalue weighted by Gasteiger charge is 2.34. The minimum absolute atomic E-state index is 0.576. The van der Waals surface area contributed by atoms with Gasteiger partial charge in [-0.1, -0.05) is 0 Å². The van der Waals surface area contributed by atoms with E-state index in [9.17, 15) is 10.2 Å². The molecule has 10 heavy (non-hydrogen) atoms. The van der Waals surface area contributed by atoms with Crippen molar-refractivity contribution in [3.8, 4) is 0 Å². The number of hydrogen-bond acceptors (Lipinski definition) is 3. The number of piperidine rings is 1. The molecule has 2 unspecified atom stereocenters. The minimum atomic E-state index is -0.869. The number of aliphatic hydroxyl groups excluding tert-OH is 1. The molecule has 60 valence electrons. The maximum absolute atomic E-state index is 9.48. The average molecular weight is 145 g/mol. The van der Waals surface area contributed by atoms with E-state index in [1.54, 1.807) is 6.92 Å². The normalized spacial score (nSPS) is 43.8. The first-order chi connectivity index (χ1) is 4.52. The van der Waals surface area contributed by atoms with Gasteiger partial charge in [-0.3, -0.25) is 0 Å². The highest BCUT2D eigenvalue weighted by Crippen LogP contribution is 2.20. The number of hydrogen-bond donors (Lipinski definition) is 2. The molecule has 3 heteroatoms. The van der Waals surface area contributed by atoms with Crippen molar-refractivity contribution in [2.75, 3.05) is 20.1 Å². The summed E-state index contributed by atoms with van der Waals surface area (Å²) in [5, 5.41) is 18.8. The monoisotopic (exact) mass is 145 g/mol. The fraction of sp³-hybridized carbons (Fsp3) is 1.00. The van der Waals surface area contributed by atoms with Crippen LogP contribution in [0.3, 0.4) is 0 Å². The SMILES string of the molecule is CN1CCC(C)(O)C(O)C1. The van der Waals surface area contributed by atoms with Crippen molar-refractivity contribution in [3.05, 3.63) is 0 Å². The molecule has 0 bridgehead atoms. The Balaban J connectivity index is 2.52. The Morgan fingerprint density at radius 1 is 1.60 bits per heavy atom. The summed E-state index contributed by atoms with van der Waals surface area (Å²) in [7, 11) is 1.94. The van der Waals surface area contributed by atoms with Crippen LogP contribution in [0, 0.1) is 0 Å². The van der Waals surface area contributed by atoms with Crippen molar-refractivity contribution >= 4 is 0 Å². The number of aliphatic hydroxyl groups is 2. The van der Waals surface area contributed by atoms with E-state index in [2.05, 4.69) is 0 Å². The van der Waals surface area contributed by atoms with Crippen LogP contribution in [0.5, 0.6) is 0 Å². The van der Waals surface area contributed by atoms with Crippen LogP contribution in [0.15, 0.2) is 0 Å². The van der Waals surface area contributed by atoms with Crippen LogP contribution in [0.25, 0.3) is 0 Å². The molecule has 0 saturated carbocycles. The van der Waals surface area contributed by atoms with E-state index in [4.69, 9.17) is 0 Å². The smallest absolute Gasteiger partial charge is 0.0951 e. The van der Waals surface area contributed by atoms with E-state index in [0.29, 0.717) is 13.0 Å². The summed E-state index contributed by atoms with van der Waals surface area (Å²) in [5.74, 6) is 0. The molecular weight excluding hydrogens is 130 g/mol. The second kappa shape index (κ2) is 2.49. The molecule has 1 aliphatic rings. The molecule has 0 radical (unpaired) electrons. The predicted molar refractivity (Wildman–Crippen MR) is 38.7 cm³/mol. The molecule has 2 N–H and O–H groups in total. The van der Waals surface area contributed by atoms with E-state index in [1.807, 2.05) is 11.9 Å². The van der Waals surface area contributed by atoms with Crippen LogP contribution < -0.4 is 0 Å². The molecule has 0 spiro atoms. The Kier molecular flexibility index (Phi) is 1.99. The molecule has 2 atom stereocenters. The van der Waals surface area contributed by atoms with Crippen molar-refractivity contribution in [1.29, 1.82) is 0 Å². The topological polar surface area (TPSA) is 43.7 Å². The van der Waals surface area contributed by atoms with Gasteiger partial charge in [-0.05, 0) is 20.4 Å². The van der Waals surface area contributed by atoms with Gasteiger partial charge in [0.05, 0.1) is 11.7 Å². The molecular formula is C7H15NO2. The van der Waals surface area contributed by atoms with Gasteiger partial charge in [0.15, 0.2) is 0 Å². The first kappa shape index (κ1) is 7.98. The molecule has 0 aromatic heterocycles. The van der Waals surface area contributed by atoms with Crippen LogP contribution in [0.4, 0.5) is 0 Å². The lowest BCUT2D eigenvalue weighted by Crippen LogP contribution is -2.52. The van der Waals surface area contributed by atoms with Gasteiger partial charge in [-0.2, -0.15) is 0 Å². The lowest BCUT2D eigenvalue weighted by molar-refractivity contribution is -0.102. The quantitative estimate of drug-likeness (QED) is 0.480. The molecule has 1 fully saturated rings. The molecule has 1 heterocycles. The van der Waals surface area contributed by atoms with Gasteiger partial charge in [0.1, 0.15) is 0 Å². The first-order valence-electron chi connectivity index (χ1n) is 3.61. The molecule has 1 rings (SSSR count). The predicted octanol–water partition coefficient (Wildman–Crippen LogP) is -0.566. The van der Waals surface area contributed by atoms with Gasteiger partial charge in [0.2, 0.25) is 0 Å². The van der Waals surface area contributed by atoms with E-state index in [0.717, 1.165) is 6.54 Å². The van der Waals surface area contributed by atoms with Gasteiger partial charge >= 0.3 is 0 Å². The van der Waals surface area contributed by atoms with Crippen LogP contribution in [0.1, 0.15) is 13.3 Å². The molecule has 1 saturated heterocycles. The summed E-state index contributed by atoms with van der Waals surface area (Å²) in [6.45, 7) is 3.13. The molecule has 3 nitrogen and oxygen atoms in total. The van der Waals surface area contributed by atoms with Crippen LogP contribution >= 0.6 is 0 Å². The third-order valence-corrected chi connectivity index (χ3v) is 2.20. The van der Waals surface area contributed by atoms with Crippen molar-refractivity contribution in [3.63, 3.8) is 0 Å². The Bertz CT molecular complexity index is 125. The standard InChI is InChI=1S/C7H15NO2/c1-7(10)3-4-8(2)5-6(7)9/h6,9-10H,3-5H2,1-2H3. The zero-order valence-corrected chi connectivity index (χ0v) is 6.54. The second-order valence-electron chi connectivity index (χ2n) is 3.39. The summed E-state index contributed by atoms with van der Waals surface area (Å²) in [5.41, 5.74) is -0.869. The molecule has 1 aliphatic heterocycles. The zero-order valence-electron chi connectivity index (χ0n) is 6.54. The lowest BCUT2D eigenvalue weighted by Gasteiger charge is -2.38. The Morgan fingerprint density at radius 3 is 2.60 bits per heavy atom. The lowest BCUT2D eigenvalue weighted by atomic mass is 9.91. The minimum Gasteiger partial charge on any atom is -0.389 e. The van der Waals surface area contributed by atoms with E-state index in [1.165, 1.54) is 0 Å². The first-order valence-corrected chi connectivity index (χ1v) is 3.61. The molecule has 0 aromatic carbocycles. The number of likely N-dealkylation sites (tertiary alicyclic amines) is 1. The highest BCUT2D eigenvalue weighted by molar-refractivity contribution is 4.88. The Hall–Kier alpha value is -0.120. The highest BCUT2D eigenvalue weighted by atomic mass is 16.3. The molecule has 0 aromatic rings. The average Bonchev–Trinajstić information content (AvgIpc) is 1.81. The summed E-state index contributed by atoms with van der Waals surface area (Å²) < 4.78 is 0. The summed E-state index contributed by atoms with van der Waals surface area (Å²) in [4.78, 5) is 2.02. The second-order valence-corrected chi connectivity index (χ2v) is 3.39. The zero-order chi connectivity index (χ0) is 7.78. The van der Waals surface area contributed by atoms with E-state index in [-0.39, 0.29) is 0 Å². The maximum Gasteiger partial charge on any atom is 0.0951 e. The number of nitrogens with zero attached hydrogens (tertiary/aromatic N) is 1. The van der Waals surface area contributed by atoms with Crippen LogP contribution in [-0.2, 0) is 0 Å². The van der Waals surface area contributed by atoms with Gasteiger partial charge in [-0.15, -0.1) is 0 Å². The summed E-state index contributed by atoms with van der Waals surface area (Å²) in [6, 6.07) is 0. The van der Waals surface area contributed by atoms with Gasteiger partial charge < -0.3 is 15.1 Å². The largest absolute Gasteiger partial charge is 0.389 e. The number of rotatable bonds is 0. The van der Waals surface area contributed by atoms with Gasteiger partial charge in [0, 0.05) is 13.1 Å². The van der Waals surface area contributed by atoms with Crippen LogP contribution in [0.2, 0.25) is 0 Å². The van der Waals surface area contributed by atoms with Crippen LogP contribution in [-0.4, -0.2) is 47.0 Å². The van der Waals surface area contributed by atoms with Crippen molar-refractivity contribution < 1.29 is 10.2 Å². The van der Waals surface area contributed by atoms with E-state index < -0.39 is 11.7 Å². The molecule has 0 amide bonds. The Labute approximate surface area is 61.3 Å². The van der Waals surface area contributed by atoms with Crippen molar-refractivity contribution in [2.24, 2.45) is 0 Å². The van der Waals surface area contributed by atoms with E-state index >= 15 is 0 Å². The van der Waals surface area contributed by atoms with Gasteiger partial charge in [-0.25, -0.2) is 0 Å². The summed E-state index contributed by atoms with van der Waals surface area (Å²) >= 11 is 0. The Morgan fingerprint density at radius 2 is 2.20 bits per heavy atom. The third-order valence-electron chi connectivity index (χ3n) is 2.20. The molecule has 0 aliphatic carbocycles.